The fraction of sp³-hybridized carbons (Fsp3) is 0.929. The number of carbonyl (C=O) groups is 1. The SMILES string of the molecule is CC(C)[C@H](N)C(=O)N1CCCC1CN(C)C1CC1. The van der Waals surface area contributed by atoms with Gasteiger partial charge in [-0.2, -0.15) is 0 Å². The smallest absolute Gasteiger partial charge is 0.240 e. The average Bonchev–Trinajstić information content (AvgIpc) is 3.09. The maximum Gasteiger partial charge on any atom is 0.240 e. The third-order valence-electron chi connectivity index (χ3n) is 4.33. The molecule has 1 aliphatic carbocycles. The fourth-order valence-corrected chi connectivity index (χ4v) is 2.79. The van der Waals surface area contributed by atoms with Gasteiger partial charge in [0.2, 0.25) is 5.91 Å². The molecule has 0 radical (unpaired) electrons. The maximum atomic E-state index is 12.3. The van der Waals surface area contributed by atoms with Gasteiger partial charge in [-0.3, -0.25) is 4.79 Å². The number of rotatable bonds is 5. The number of amides is 1. The zero-order valence-corrected chi connectivity index (χ0v) is 11.9. The van der Waals surface area contributed by atoms with Crippen LogP contribution in [0, 0.1) is 5.92 Å². The molecule has 2 aliphatic rings. The Bertz CT molecular complexity index is 301. The molecule has 1 heterocycles. The van der Waals surface area contributed by atoms with Crippen LogP contribution in [0.25, 0.3) is 0 Å². The molecular weight excluding hydrogens is 226 g/mol. The third-order valence-corrected chi connectivity index (χ3v) is 4.33. The number of carbonyl (C=O) groups excluding carboxylic acids is 1. The summed E-state index contributed by atoms with van der Waals surface area (Å²) in [5.41, 5.74) is 6.00. The molecule has 0 aromatic carbocycles. The van der Waals surface area contributed by atoms with Crippen LogP contribution >= 0.6 is 0 Å². The maximum absolute atomic E-state index is 12.3. The van der Waals surface area contributed by atoms with Crippen molar-refractivity contribution in [3.8, 4) is 0 Å². The number of likely N-dealkylation sites (tertiary alicyclic amines) is 1. The molecular formula is C14H27N3O. The van der Waals surface area contributed by atoms with E-state index in [-0.39, 0.29) is 17.9 Å². The van der Waals surface area contributed by atoms with Crippen molar-refractivity contribution in [1.82, 2.24) is 9.80 Å². The molecule has 0 spiro atoms. The van der Waals surface area contributed by atoms with Crippen molar-refractivity contribution in [2.45, 2.75) is 57.7 Å². The molecule has 2 rings (SSSR count). The minimum atomic E-state index is -0.336. The summed E-state index contributed by atoms with van der Waals surface area (Å²) in [5, 5.41) is 0. The van der Waals surface area contributed by atoms with E-state index < -0.39 is 0 Å². The molecule has 2 N–H and O–H groups in total. The highest BCUT2D eigenvalue weighted by molar-refractivity contribution is 5.82. The van der Waals surface area contributed by atoms with Gasteiger partial charge < -0.3 is 15.5 Å². The van der Waals surface area contributed by atoms with E-state index in [0.717, 1.165) is 32.0 Å². The first-order valence-electron chi connectivity index (χ1n) is 7.27. The number of hydrogen-bond acceptors (Lipinski definition) is 3. The van der Waals surface area contributed by atoms with Gasteiger partial charge in [-0.25, -0.2) is 0 Å². The fourth-order valence-electron chi connectivity index (χ4n) is 2.79. The summed E-state index contributed by atoms with van der Waals surface area (Å²) in [7, 11) is 2.18. The molecule has 104 valence electrons. The molecule has 0 aromatic heterocycles. The largest absolute Gasteiger partial charge is 0.337 e. The van der Waals surface area contributed by atoms with Crippen LogP contribution in [0.3, 0.4) is 0 Å². The van der Waals surface area contributed by atoms with E-state index in [9.17, 15) is 4.79 Å². The Labute approximate surface area is 110 Å². The minimum Gasteiger partial charge on any atom is -0.337 e. The van der Waals surface area contributed by atoms with Crippen LogP contribution in [0.5, 0.6) is 0 Å². The lowest BCUT2D eigenvalue weighted by Gasteiger charge is -2.31. The van der Waals surface area contributed by atoms with Crippen molar-refractivity contribution in [2.75, 3.05) is 20.1 Å². The highest BCUT2D eigenvalue weighted by Gasteiger charge is 2.35. The van der Waals surface area contributed by atoms with Crippen LogP contribution in [0.1, 0.15) is 39.5 Å². The standard InChI is InChI=1S/C14H27N3O/c1-10(2)13(15)14(18)17-8-4-5-12(17)9-16(3)11-6-7-11/h10-13H,4-9,15H2,1-3H3/t12?,13-/m0/s1. The summed E-state index contributed by atoms with van der Waals surface area (Å²) >= 11 is 0. The molecule has 2 atom stereocenters. The van der Waals surface area contributed by atoms with Crippen molar-refractivity contribution >= 4 is 5.91 Å². The van der Waals surface area contributed by atoms with Crippen molar-refractivity contribution in [2.24, 2.45) is 11.7 Å². The van der Waals surface area contributed by atoms with Gasteiger partial charge in [0.25, 0.3) is 0 Å². The molecule has 2 fully saturated rings. The summed E-state index contributed by atoms with van der Waals surface area (Å²) in [6.45, 7) is 5.94. The average molecular weight is 253 g/mol. The predicted molar refractivity (Wildman–Crippen MR) is 73.2 cm³/mol. The van der Waals surface area contributed by atoms with E-state index >= 15 is 0 Å². The normalized spacial score (nSPS) is 26.1. The Morgan fingerprint density at radius 1 is 1.39 bits per heavy atom. The molecule has 1 unspecified atom stereocenters. The Hall–Kier alpha value is -0.610. The first kappa shape index (κ1) is 13.8. The summed E-state index contributed by atoms with van der Waals surface area (Å²) in [6.07, 6.45) is 4.90. The molecule has 1 saturated carbocycles. The Balaban J connectivity index is 1.91. The molecule has 1 amide bonds. The van der Waals surface area contributed by atoms with Gasteiger partial charge in [0.1, 0.15) is 0 Å². The minimum absolute atomic E-state index is 0.150. The van der Waals surface area contributed by atoms with Gasteiger partial charge in [-0.1, -0.05) is 13.8 Å². The van der Waals surface area contributed by atoms with Crippen LogP contribution in [0.2, 0.25) is 0 Å². The number of likely N-dealkylation sites (N-methyl/N-ethyl adjacent to an activating group) is 1. The molecule has 18 heavy (non-hydrogen) atoms. The second-order valence-electron chi connectivity index (χ2n) is 6.27. The van der Waals surface area contributed by atoms with E-state index in [2.05, 4.69) is 11.9 Å². The van der Waals surface area contributed by atoms with Crippen LogP contribution in [0.4, 0.5) is 0 Å². The Morgan fingerprint density at radius 2 is 2.06 bits per heavy atom. The number of nitrogens with zero attached hydrogens (tertiary/aromatic N) is 2. The van der Waals surface area contributed by atoms with Gasteiger partial charge in [-0.15, -0.1) is 0 Å². The molecule has 1 saturated heterocycles. The van der Waals surface area contributed by atoms with Crippen LogP contribution < -0.4 is 5.73 Å². The number of hydrogen-bond donors (Lipinski definition) is 1. The van der Waals surface area contributed by atoms with E-state index in [0.29, 0.717) is 6.04 Å². The first-order chi connectivity index (χ1) is 8.50. The van der Waals surface area contributed by atoms with Gasteiger partial charge in [-0.05, 0) is 38.6 Å². The quantitative estimate of drug-likeness (QED) is 0.797. The van der Waals surface area contributed by atoms with Crippen molar-refractivity contribution < 1.29 is 4.79 Å². The van der Waals surface area contributed by atoms with Gasteiger partial charge in [0.15, 0.2) is 0 Å². The lowest BCUT2D eigenvalue weighted by molar-refractivity contribution is -0.134. The highest BCUT2D eigenvalue weighted by Crippen LogP contribution is 2.28. The van der Waals surface area contributed by atoms with Gasteiger partial charge in [0.05, 0.1) is 6.04 Å². The van der Waals surface area contributed by atoms with Crippen molar-refractivity contribution in [3.63, 3.8) is 0 Å². The topological polar surface area (TPSA) is 49.6 Å². The van der Waals surface area contributed by atoms with Crippen molar-refractivity contribution in [3.05, 3.63) is 0 Å². The lowest BCUT2D eigenvalue weighted by atomic mass is 10.0. The highest BCUT2D eigenvalue weighted by atomic mass is 16.2. The van der Waals surface area contributed by atoms with Gasteiger partial charge >= 0.3 is 0 Å². The molecule has 4 nitrogen and oxygen atoms in total. The van der Waals surface area contributed by atoms with E-state index in [1.165, 1.54) is 12.8 Å². The van der Waals surface area contributed by atoms with Crippen molar-refractivity contribution in [1.29, 1.82) is 0 Å². The van der Waals surface area contributed by atoms with Crippen LogP contribution in [0.15, 0.2) is 0 Å². The van der Waals surface area contributed by atoms with E-state index in [1.807, 2.05) is 18.7 Å². The number of nitrogens with two attached hydrogens (primary N) is 1. The second-order valence-corrected chi connectivity index (χ2v) is 6.27. The first-order valence-corrected chi connectivity index (χ1v) is 7.27. The summed E-state index contributed by atoms with van der Waals surface area (Å²) in [5.74, 6) is 0.372. The molecule has 4 heteroatoms. The third kappa shape index (κ3) is 3.04. The summed E-state index contributed by atoms with van der Waals surface area (Å²) in [4.78, 5) is 16.8. The lowest BCUT2D eigenvalue weighted by Crippen LogP contribution is -2.50. The monoisotopic (exact) mass is 253 g/mol. The van der Waals surface area contributed by atoms with E-state index in [4.69, 9.17) is 5.73 Å². The summed E-state index contributed by atoms with van der Waals surface area (Å²) < 4.78 is 0. The Kier molecular flexibility index (Phi) is 4.28. The van der Waals surface area contributed by atoms with Crippen LogP contribution in [-0.2, 0) is 4.79 Å². The zero-order chi connectivity index (χ0) is 13.3. The molecule has 0 aromatic rings. The molecule has 1 aliphatic heterocycles. The van der Waals surface area contributed by atoms with Crippen LogP contribution in [-0.4, -0.2) is 54.0 Å². The predicted octanol–water partition coefficient (Wildman–Crippen LogP) is 1.05. The van der Waals surface area contributed by atoms with Gasteiger partial charge in [0, 0.05) is 25.2 Å². The summed E-state index contributed by atoms with van der Waals surface area (Å²) in [6, 6.07) is 0.811. The zero-order valence-electron chi connectivity index (χ0n) is 11.9. The second kappa shape index (κ2) is 5.57. The molecule has 0 bridgehead atoms. The Morgan fingerprint density at radius 3 is 2.61 bits per heavy atom. The van der Waals surface area contributed by atoms with E-state index in [1.54, 1.807) is 0 Å².